The molecule has 0 aliphatic heterocycles. The topological polar surface area (TPSA) is 174 Å². The van der Waals surface area contributed by atoms with Crippen molar-refractivity contribution in [2.45, 2.75) is 128 Å². The van der Waals surface area contributed by atoms with Gasteiger partial charge in [0.15, 0.2) is 27.9 Å². The lowest BCUT2D eigenvalue weighted by atomic mass is 10.00. The minimum Gasteiger partial charge on any atom is -0.437 e. The summed E-state index contributed by atoms with van der Waals surface area (Å²) in [6.07, 6.45) is 23.7. The first-order valence-corrected chi connectivity index (χ1v) is 49.9. The van der Waals surface area contributed by atoms with Crippen LogP contribution in [0.5, 0.6) is 0 Å². The normalized spacial score (nSPS) is 11.7. The highest BCUT2D eigenvalue weighted by Gasteiger charge is 2.35. The van der Waals surface area contributed by atoms with Crippen molar-refractivity contribution in [2.75, 3.05) is 0 Å². The van der Waals surface area contributed by atoms with Crippen LogP contribution in [0.15, 0.2) is 351 Å². The Morgan fingerprint density at radius 3 is 0.876 bits per heavy atom. The van der Waals surface area contributed by atoms with Crippen molar-refractivity contribution in [3.63, 3.8) is 0 Å². The molecular formula is C125H120N15O5+5. The van der Waals surface area contributed by atoms with E-state index in [1.807, 2.05) is 50.2 Å². The van der Waals surface area contributed by atoms with Gasteiger partial charge in [-0.15, -0.1) is 0 Å². The van der Waals surface area contributed by atoms with Gasteiger partial charge in [0.05, 0.1) is 35.2 Å². The maximum atomic E-state index is 6.42. The van der Waals surface area contributed by atoms with Crippen molar-refractivity contribution >= 4 is 110 Å². The second kappa shape index (κ2) is 38.8. The fourth-order valence-corrected chi connectivity index (χ4v) is 20.6. The Morgan fingerprint density at radius 2 is 0.538 bits per heavy atom. The summed E-state index contributed by atoms with van der Waals surface area (Å²) < 4.78 is 53.7. The summed E-state index contributed by atoms with van der Waals surface area (Å²) in [5.74, 6) is 7.24. The number of furan rings is 5. The predicted molar refractivity (Wildman–Crippen MR) is 581 cm³/mol. The van der Waals surface area contributed by atoms with Crippen molar-refractivity contribution in [1.29, 1.82) is 0 Å². The zero-order valence-electron chi connectivity index (χ0n) is 85.9. The summed E-state index contributed by atoms with van der Waals surface area (Å²) >= 11 is 0. The van der Waals surface area contributed by atoms with Crippen molar-refractivity contribution in [3.8, 4) is 85.4 Å². The summed E-state index contributed by atoms with van der Waals surface area (Å²) in [4.78, 5) is 23.3. The fraction of sp³-hybridized carbons (Fsp3) is 0.200. The standard InChI is InChI=1S/2C26H26N3O.2C25H24N3O.C23H20N3O/c1-16(2)19-8-6-7-9-22(19)29-15-14-28(5)26(29)23-17(3)10-12-20-21-13-11-18(4)27-25(21)30-24(20)23;1-17(2)16-19-11-13-22-21-12-10-18(3)23(24(21)30-25(22)27-19)26-28(4)14-15-29(26)20-8-6-5-7-9-20;1-16(2)18-8-5-6-10-21(18)28-15-14-27(4)25(28)22-17(3)11-12-19-20-9-7-13-26-24(20)29-23(19)22;1-16(2)21-13-12-20-19-11-10-17(3)22(23(19)29-24(20)26-21)25-27(4)14-15-28(25)18-8-6-5-7-9-18;1-15-9-11-18-19-12-10-16(2)24-22(19)27-21(18)20(15)23-25(3)13-14-26(23)17-7-5-4-6-8-17/h6-16H,1-5H3;5-15,17H,16H2,1-4H3;2*5-16H,1-4H3;4-14H,1-3H3/q5*+1. The lowest BCUT2D eigenvalue weighted by molar-refractivity contribution is -0.659. The van der Waals surface area contributed by atoms with Crippen LogP contribution in [0.1, 0.15) is 135 Å². The molecule has 10 aromatic carbocycles. The number of benzene rings is 10. The fourth-order valence-electron chi connectivity index (χ4n) is 20.6. The number of hydrogen-bond acceptors (Lipinski definition) is 10. The van der Waals surface area contributed by atoms with E-state index in [4.69, 9.17) is 32.1 Å². The molecule has 0 aliphatic carbocycles. The SMILES string of the molecule is Cc1ccc2c(n1)oc1c(-c3n(-c4ccccc4)cc[n+]3C)c(C)ccc12.Cc1ccc2c(n1)oc1c(-c3n(-c4ccccc4C(C)C)cc[n+]3C)c(C)ccc12.Cc1ccc2c(oc3nc(C(C)C)ccc32)c1-c1n(-c2ccccc2)cc[n+]1C.Cc1ccc2c(oc3nc(CC(C)C)ccc32)c1-c1n(-c2ccccc2)cc[n+]1C.Cc1ccc2c(oc3ncccc32)c1-c1n(-c2ccccc2C(C)C)cc[n+]1C. The molecule has 720 valence electrons. The van der Waals surface area contributed by atoms with Gasteiger partial charge in [-0.1, -0.05) is 207 Å². The van der Waals surface area contributed by atoms with Crippen LogP contribution >= 0.6 is 0 Å². The Hall–Kier alpha value is -17.0. The second-order valence-corrected chi connectivity index (χ2v) is 39.6. The third-order valence-corrected chi connectivity index (χ3v) is 27.9. The van der Waals surface area contributed by atoms with Gasteiger partial charge in [-0.05, 0) is 216 Å². The molecule has 0 fully saturated rings. The molecule has 25 aromatic rings. The first-order valence-electron chi connectivity index (χ1n) is 49.9. The van der Waals surface area contributed by atoms with Gasteiger partial charge < -0.3 is 22.1 Å². The Labute approximate surface area is 843 Å². The van der Waals surface area contributed by atoms with E-state index in [0.29, 0.717) is 46.5 Å². The van der Waals surface area contributed by atoms with Gasteiger partial charge in [0.25, 0.3) is 29.1 Å². The number of imidazole rings is 5. The average Bonchev–Trinajstić information content (AvgIpc) is 1.61. The van der Waals surface area contributed by atoms with Crippen molar-refractivity contribution in [1.82, 2.24) is 47.8 Å². The highest BCUT2D eigenvalue weighted by Crippen LogP contribution is 2.45. The number of aryl methyl sites for hydroxylation is 12. The Morgan fingerprint density at radius 1 is 0.255 bits per heavy atom. The third kappa shape index (κ3) is 17.4. The Balaban J connectivity index is 0.000000107. The van der Waals surface area contributed by atoms with Gasteiger partial charge in [-0.3, -0.25) is 0 Å². The van der Waals surface area contributed by atoms with Crippen LogP contribution < -0.4 is 22.8 Å². The average molecular weight is 1910 g/mol. The van der Waals surface area contributed by atoms with Crippen LogP contribution in [0.2, 0.25) is 0 Å². The van der Waals surface area contributed by atoms with Gasteiger partial charge in [-0.25, -0.2) is 47.8 Å². The molecule has 145 heavy (non-hydrogen) atoms. The summed E-state index contributed by atoms with van der Waals surface area (Å²) in [6, 6.07) is 90.8. The highest BCUT2D eigenvalue weighted by atomic mass is 16.4. The Kier molecular flexibility index (Phi) is 25.2. The largest absolute Gasteiger partial charge is 0.437 e. The minimum atomic E-state index is 0.363. The molecule has 0 bridgehead atoms. The van der Waals surface area contributed by atoms with Gasteiger partial charge in [0, 0.05) is 94.0 Å². The summed E-state index contributed by atoms with van der Waals surface area (Å²) in [5, 5.41) is 10.8. The molecule has 0 atom stereocenters. The van der Waals surface area contributed by atoms with Crippen LogP contribution in [0.4, 0.5) is 0 Å². The van der Waals surface area contributed by atoms with Crippen molar-refractivity contribution in [2.24, 2.45) is 41.2 Å². The Bertz CT molecular complexity index is 9220. The molecule has 0 spiro atoms. The molecule has 0 saturated carbocycles. The quantitative estimate of drug-likeness (QED) is 0.0899. The highest BCUT2D eigenvalue weighted by molar-refractivity contribution is 6.13. The van der Waals surface area contributed by atoms with Crippen LogP contribution in [-0.4, -0.2) is 47.8 Å². The van der Waals surface area contributed by atoms with Crippen LogP contribution in [0, 0.1) is 54.4 Å². The van der Waals surface area contributed by atoms with Crippen LogP contribution in [-0.2, 0) is 41.7 Å². The second-order valence-electron chi connectivity index (χ2n) is 39.6. The van der Waals surface area contributed by atoms with E-state index >= 15 is 0 Å². The van der Waals surface area contributed by atoms with Crippen molar-refractivity contribution < 1.29 is 44.9 Å². The zero-order valence-corrected chi connectivity index (χ0v) is 85.9. The van der Waals surface area contributed by atoms with Crippen LogP contribution in [0.3, 0.4) is 0 Å². The van der Waals surface area contributed by atoms with Gasteiger partial charge in [0.2, 0.25) is 28.6 Å². The third-order valence-electron chi connectivity index (χ3n) is 27.9. The predicted octanol–water partition coefficient (Wildman–Crippen LogP) is 28.0. The van der Waals surface area contributed by atoms with Crippen molar-refractivity contribution in [3.05, 3.63) is 391 Å². The van der Waals surface area contributed by atoms with E-state index in [9.17, 15) is 0 Å². The van der Waals surface area contributed by atoms with Gasteiger partial charge in [-0.2, -0.15) is 22.8 Å². The molecule has 0 saturated heterocycles. The molecule has 0 aliphatic rings. The molecule has 15 heterocycles. The van der Waals surface area contributed by atoms with E-state index in [2.05, 4.69) is 472 Å². The number of nitrogens with zero attached hydrogens (tertiary/aromatic N) is 15. The van der Waals surface area contributed by atoms with Gasteiger partial charge >= 0.3 is 0 Å². The van der Waals surface area contributed by atoms with E-state index in [1.165, 1.54) is 50.3 Å². The lowest BCUT2D eigenvalue weighted by Gasteiger charge is -2.12. The minimum absolute atomic E-state index is 0.363. The monoisotopic (exact) mass is 1910 g/mol. The summed E-state index contributed by atoms with van der Waals surface area (Å²) in [7, 11) is 10.4. The molecule has 20 nitrogen and oxygen atoms in total. The number of para-hydroxylation sites is 5. The van der Waals surface area contributed by atoms with E-state index in [-0.39, 0.29) is 0 Å². The lowest BCUT2D eigenvalue weighted by Crippen LogP contribution is -2.29. The molecule has 0 radical (unpaired) electrons. The summed E-state index contributed by atoms with van der Waals surface area (Å²) in [6.45, 7) is 32.3. The first kappa shape index (κ1) is 94.3. The molecule has 20 heteroatoms. The molecule has 15 aromatic heterocycles. The number of hydrogen-bond donors (Lipinski definition) is 0. The van der Waals surface area contributed by atoms with E-state index < -0.39 is 0 Å². The zero-order chi connectivity index (χ0) is 101. The molecule has 25 rings (SSSR count). The number of pyridine rings is 5. The number of fused-ring (bicyclic) bond motifs is 15. The van der Waals surface area contributed by atoms with E-state index in [1.54, 1.807) is 6.20 Å². The number of aromatic nitrogens is 15. The molecular weight excluding hydrogens is 1790 g/mol. The maximum Gasteiger partial charge on any atom is 0.297 e. The van der Waals surface area contributed by atoms with E-state index in [0.717, 1.165) is 191 Å². The number of rotatable bonds is 15. The smallest absolute Gasteiger partial charge is 0.297 e. The summed E-state index contributed by atoms with van der Waals surface area (Å²) in [5.41, 5.74) is 31.8. The van der Waals surface area contributed by atoms with Crippen LogP contribution in [0.25, 0.3) is 196 Å². The first-order chi connectivity index (χ1) is 70.2. The van der Waals surface area contributed by atoms with Gasteiger partial charge in [0.1, 0.15) is 118 Å². The molecule has 0 amide bonds. The maximum absolute atomic E-state index is 6.42. The molecule has 0 N–H and O–H groups in total. The molecule has 0 unspecified atom stereocenters.